The number of hydrogen-bond acceptors (Lipinski definition) is 2. The Hall–Kier alpha value is -0.870. The second kappa shape index (κ2) is 3.02. The fourth-order valence-electron chi connectivity index (χ4n) is 0.402. The summed E-state index contributed by atoms with van der Waals surface area (Å²) in [5.74, 6) is -4.56. The van der Waals surface area contributed by atoms with Gasteiger partial charge in [0.2, 0.25) is 5.78 Å². The minimum atomic E-state index is -5.03. The second-order valence-electron chi connectivity index (χ2n) is 2.35. The predicted octanol–water partition coefficient (Wildman–Crippen LogP) is 1.34. The average Bonchev–Trinajstić information content (AvgIpc) is 1.82. The molecule has 0 saturated carbocycles. The van der Waals surface area contributed by atoms with Gasteiger partial charge in [0.05, 0.1) is 0 Å². The van der Waals surface area contributed by atoms with Crippen LogP contribution in [0.1, 0.15) is 13.8 Å². The van der Waals surface area contributed by atoms with Crippen LogP contribution in [0.5, 0.6) is 0 Å². The molecule has 0 aromatic heterocycles. The maximum absolute atomic E-state index is 11.5. The molecule has 0 fully saturated rings. The molecule has 0 aliphatic carbocycles. The maximum atomic E-state index is 11.5. The number of Topliss-reactive ketones (excluding diaryl/α,β-unsaturated/α-hetero) is 2. The highest BCUT2D eigenvalue weighted by Gasteiger charge is 2.43. The summed E-state index contributed by atoms with van der Waals surface area (Å²) in [7, 11) is 0. The molecular formula is C6H7F3O2. The van der Waals surface area contributed by atoms with E-state index < -0.39 is 23.7 Å². The third-order valence-electron chi connectivity index (χ3n) is 1.01. The minimum absolute atomic E-state index is 0.899. The normalized spacial score (nSPS) is 11.8. The molecule has 0 radical (unpaired) electrons. The van der Waals surface area contributed by atoms with Crippen LogP contribution in [0.15, 0.2) is 0 Å². The first kappa shape index (κ1) is 10.1. The maximum Gasteiger partial charge on any atom is 0.458 e. The zero-order valence-electron chi connectivity index (χ0n) is 6.03. The van der Waals surface area contributed by atoms with Gasteiger partial charge in [-0.15, -0.1) is 0 Å². The quantitative estimate of drug-likeness (QED) is 0.583. The van der Waals surface area contributed by atoms with Gasteiger partial charge in [0.15, 0.2) is 0 Å². The summed E-state index contributed by atoms with van der Waals surface area (Å²) >= 11 is 0. The molecule has 0 saturated heterocycles. The Morgan fingerprint density at radius 1 is 1.18 bits per heavy atom. The van der Waals surface area contributed by atoms with Crippen molar-refractivity contribution in [3.63, 3.8) is 0 Å². The predicted molar refractivity (Wildman–Crippen MR) is 30.9 cm³/mol. The Kier molecular flexibility index (Phi) is 2.78. The van der Waals surface area contributed by atoms with E-state index in [0.717, 1.165) is 0 Å². The van der Waals surface area contributed by atoms with Crippen molar-refractivity contribution in [3.05, 3.63) is 0 Å². The van der Waals surface area contributed by atoms with Gasteiger partial charge in [-0.2, -0.15) is 13.2 Å². The van der Waals surface area contributed by atoms with Crippen LogP contribution in [0.4, 0.5) is 13.2 Å². The lowest BCUT2D eigenvalue weighted by molar-refractivity contribution is -0.175. The lowest BCUT2D eigenvalue weighted by atomic mass is 10.1. The number of carbonyl (C=O) groups excluding carboxylic acids is 2. The van der Waals surface area contributed by atoms with Gasteiger partial charge in [-0.3, -0.25) is 9.59 Å². The fraction of sp³-hybridized carbons (Fsp3) is 0.667. The van der Waals surface area contributed by atoms with E-state index in [1.165, 1.54) is 13.8 Å². The van der Waals surface area contributed by atoms with Crippen LogP contribution in [0.2, 0.25) is 0 Å². The van der Waals surface area contributed by atoms with Crippen LogP contribution in [0, 0.1) is 5.92 Å². The summed E-state index contributed by atoms with van der Waals surface area (Å²) < 4.78 is 34.5. The van der Waals surface area contributed by atoms with Gasteiger partial charge in [-0.25, -0.2) is 0 Å². The number of carbonyl (C=O) groups is 2. The molecule has 0 aliphatic rings. The fourth-order valence-corrected chi connectivity index (χ4v) is 0.402. The van der Waals surface area contributed by atoms with Gasteiger partial charge >= 0.3 is 12.0 Å². The molecule has 0 rings (SSSR count). The van der Waals surface area contributed by atoms with E-state index >= 15 is 0 Å². The van der Waals surface area contributed by atoms with E-state index in [1.54, 1.807) is 0 Å². The Labute approximate surface area is 61.4 Å². The number of ketones is 2. The number of hydrogen-bond donors (Lipinski definition) is 0. The van der Waals surface area contributed by atoms with Crippen molar-refractivity contribution in [2.75, 3.05) is 0 Å². The molecule has 0 N–H and O–H groups in total. The Morgan fingerprint density at radius 3 is 1.64 bits per heavy atom. The first-order valence-corrected chi connectivity index (χ1v) is 2.92. The van der Waals surface area contributed by atoms with Crippen LogP contribution < -0.4 is 0 Å². The van der Waals surface area contributed by atoms with E-state index in [-0.39, 0.29) is 0 Å². The first-order valence-electron chi connectivity index (χ1n) is 2.92. The molecule has 0 spiro atoms. The lowest BCUT2D eigenvalue weighted by Gasteiger charge is -2.05. The van der Waals surface area contributed by atoms with Crippen LogP contribution in [0.25, 0.3) is 0 Å². The molecule has 0 bridgehead atoms. The average molecular weight is 168 g/mol. The standard InChI is InChI=1S/C6H7F3O2/c1-3(2)4(10)5(11)6(7,8)9/h3H,1-2H3. The molecule has 0 heterocycles. The summed E-state index contributed by atoms with van der Waals surface area (Å²) in [5, 5.41) is 0. The van der Waals surface area contributed by atoms with Crippen molar-refractivity contribution >= 4 is 11.6 Å². The van der Waals surface area contributed by atoms with Crippen molar-refractivity contribution in [1.29, 1.82) is 0 Å². The zero-order valence-corrected chi connectivity index (χ0v) is 6.03. The summed E-state index contributed by atoms with van der Waals surface area (Å²) in [6, 6.07) is 0. The third-order valence-corrected chi connectivity index (χ3v) is 1.01. The molecule has 5 heteroatoms. The molecule has 0 aromatic rings. The Balaban J connectivity index is 4.40. The van der Waals surface area contributed by atoms with Gasteiger partial charge in [0.25, 0.3) is 0 Å². The number of halogens is 3. The van der Waals surface area contributed by atoms with E-state index in [2.05, 4.69) is 0 Å². The molecule has 64 valence electrons. The van der Waals surface area contributed by atoms with Gasteiger partial charge in [0.1, 0.15) is 0 Å². The molecule has 0 aliphatic heterocycles. The highest BCUT2D eigenvalue weighted by Crippen LogP contribution is 2.18. The van der Waals surface area contributed by atoms with Crippen LogP contribution in [0.3, 0.4) is 0 Å². The molecule has 0 amide bonds. The monoisotopic (exact) mass is 168 g/mol. The first-order chi connectivity index (χ1) is 4.76. The summed E-state index contributed by atoms with van der Waals surface area (Å²) in [5.41, 5.74) is 0. The molecule has 11 heavy (non-hydrogen) atoms. The number of rotatable bonds is 2. The van der Waals surface area contributed by atoms with Gasteiger partial charge in [-0.1, -0.05) is 13.8 Å². The largest absolute Gasteiger partial charge is 0.458 e. The van der Waals surface area contributed by atoms with Crippen LogP contribution >= 0.6 is 0 Å². The Bertz CT molecular complexity index is 181. The van der Waals surface area contributed by atoms with E-state index in [9.17, 15) is 22.8 Å². The van der Waals surface area contributed by atoms with Crippen LogP contribution in [-0.2, 0) is 9.59 Å². The van der Waals surface area contributed by atoms with Gasteiger partial charge in [-0.05, 0) is 0 Å². The van der Waals surface area contributed by atoms with Crippen molar-refractivity contribution in [1.82, 2.24) is 0 Å². The van der Waals surface area contributed by atoms with E-state index in [0.29, 0.717) is 0 Å². The molecule has 0 unspecified atom stereocenters. The zero-order chi connectivity index (χ0) is 9.23. The topological polar surface area (TPSA) is 34.1 Å². The SMILES string of the molecule is CC(C)C(=O)C(=O)C(F)(F)F. The van der Waals surface area contributed by atoms with E-state index in [1.807, 2.05) is 0 Å². The second-order valence-corrected chi connectivity index (χ2v) is 2.35. The molecular weight excluding hydrogens is 161 g/mol. The van der Waals surface area contributed by atoms with Crippen molar-refractivity contribution in [3.8, 4) is 0 Å². The highest BCUT2D eigenvalue weighted by atomic mass is 19.4. The summed E-state index contributed by atoms with van der Waals surface area (Å²) in [4.78, 5) is 20.6. The third kappa shape index (κ3) is 2.69. The van der Waals surface area contributed by atoms with Crippen molar-refractivity contribution in [2.24, 2.45) is 5.92 Å². The van der Waals surface area contributed by atoms with Crippen molar-refractivity contribution in [2.45, 2.75) is 20.0 Å². The molecule has 0 aromatic carbocycles. The molecule has 0 atom stereocenters. The van der Waals surface area contributed by atoms with Gasteiger partial charge < -0.3 is 0 Å². The smallest absolute Gasteiger partial charge is 0.290 e. The Morgan fingerprint density at radius 2 is 1.55 bits per heavy atom. The summed E-state index contributed by atoms with van der Waals surface area (Å²) in [6.07, 6.45) is -5.03. The van der Waals surface area contributed by atoms with Crippen LogP contribution in [-0.4, -0.2) is 17.7 Å². The van der Waals surface area contributed by atoms with Gasteiger partial charge in [0, 0.05) is 5.92 Å². The highest BCUT2D eigenvalue weighted by molar-refractivity contribution is 6.39. The lowest BCUT2D eigenvalue weighted by Crippen LogP contribution is -2.33. The minimum Gasteiger partial charge on any atom is -0.290 e. The van der Waals surface area contributed by atoms with Crippen molar-refractivity contribution < 1.29 is 22.8 Å². The molecule has 2 nitrogen and oxygen atoms in total. The summed E-state index contributed by atoms with van der Waals surface area (Å²) in [6.45, 7) is 2.48. The number of alkyl halides is 3. The van der Waals surface area contributed by atoms with E-state index in [4.69, 9.17) is 0 Å².